The van der Waals surface area contributed by atoms with Crippen LogP contribution in [0.2, 0.25) is 0 Å². The summed E-state index contributed by atoms with van der Waals surface area (Å²) in [6.45, 7) is 6.82. The number of rotatable bonds is 7. The van der Waals surface area contributed by atoms with Crippen LogP contribution in [0.15, 0.2) is 12.2 Å². The summed E-state index contributed by atoms with van der Waals surface area (Å²) in [7, 11) is 0. The van der Waals surface area contributed by atoms with Crippen molar-refractivity contribution in [1.29, 1.82) is 0 Å². The molecule has 0 heterocycles. The van der Waals surface area contributed by atoms with Gasteiger partial charge in [-0.15, -0.1) is 0 Å². The Bertz CT molecular complexity index is 690. The fourth-order valence-electron chi connectivity index (χ4n) is 9.56. The van der Waals surface area contributed by atoms with Gasteiger partial charge in [0.25, 0.3) is 0 Å². The monoisotopic (exact) mass is 414 g/mol. The lowest BCUT2D eigenvalue weighted by molar-refractivity contribution is -0.258. The molecule has 166 valence electrons. The van der Waals surface area contributed by atoms with Gasteiger partial charge < -0.3 is 14.2 Å². The maximum Gasteiger partial charge on any atom is 0.333 e. The first kappa shape index (κ1) is 19.8. The lowest BCUT2D eigenvalue weighted by Crippen LogP contribution is -2.61. The van der Waals surface area contributed by atoms with Gasteiger partial charge in [0, 0.05) is 12.0 Å². The van der Waals surface area contributed by atoms with Crippen molar-refractivity contribution in [1.82, 2.24) is 0 Å². The Morgan fingerprint density at radius 3 is 1.93 bits per heavy atom. The van der Waals surface area contributed by atoms with Crippen molar-refractivity contribution in [3.05, 3.63) is 12.2 Å². The molecular weight excluding hydrogens is 376 g/mol. The Morgan fingerprint density at radius 2 is 1.37 bits per heavy atom. The lowest BCUT2D eigenvalue weighted by atomic mass is 9.50. The van der Waals surface area contributed by atoms with Crippen LogP contribution in [-0.2, 0) is 19.0 Å². The van der Waals surface area contributed by atoms with Gasteiger partial charge in [0.05, 0.1) is 12.2 Å². The zero-order valence-corrected chi connectivity index (χ0v) is 18.6. The van der Waals surface area contributed by atoms with E-state index in [9.17, 15) is 4.79 Å². The van der Waals surface area contributed by atoms with Crippen molar-refractivity contribution in [3.8, 4) is 0 Å². The third kappa shape index (κ3) is 3.37. The summed E-state index contributed by atoms with van der Waals surface area (Å²) >= 11 is 0. The Labute approximate surface area is 181 Å². The average Bonchev–Trinajstić information content (AvgIpc) is 2.62. The Kier molecular flexibility index (Phi) is 4.49. The predicted molar refractivity (Wildman–Crippen MR) is 114 cm³/mol. The van der Waals surface area contributed by atoms with Crippen LogP contribution in [0.1, 0.15) is 84.0 Å². The molecule has 8 saturated carbocycles. The van der Waals surface area contributed by atoms with Crippen molar-refractivity contribution in [3.63, 3.8) is 0 Å². The quantitative estimate of drug-likeness (QED) is 0.242. The number of esters is 1. The van der Waals surface area contributed by atoms with Crippen molar-refractivity contribution < 1.29 is 19.0 Å². The molecule has 0 radical (unpaired) electrons. The van der Waals surface area contributed by atoms with Gasteiger partial charge in [0.2, 0.25) is 0 Å². The van der Waals surface area contributed by atoms with Crippen LogP contribution < -0.4 is 0 Å². The molecule has 0 aromatic heterocycles. The number of ether oxygens (including phenoxy) is 3. The molecule has 0 saturated heterocycles. The van der Waals surface area contributed by atoms with Gasteiger partial charge in [-0.3, -0.25) is 0 Å². The summed E-state index contributed by atoms with van der Waals surface area (Å²) < 4.78 is 18.9. The molecule has 4 nitrogen and oxygen atoms in total. The van der Waals surface area contributed by atoms with Crippen LogP contribution in [-0.4, -0.2) is 30.6 Å². The largest absolute Gasteiger partial charge is 0.456 e. The first-order valence-corrected chi connectivity index (χ1v) is 12.4. The Morgan fingerprint density at radius 1 is 0.833 bits per heavy atom. The molecule has 4 heteroatoms. The lowest BCUT2D eigenvalue weighted by Gasteiger charge is -2.60. The van der Waals surface area contributed by atoms with Crippen molar-refractivity contribution >= 4 is 5.97 Å². The van der Waals surface area contributed by atoms with Crippen LogP contribution in [0.25, 0.3) is 0 Å². The second-order valence-corrected chi connectivity index (χ2v) is 12.5. The van der Waals surface area contributed by atoms with Crippen LogP contribution in [0.4, 0.5) is 0 Å². The molecule has 0 aliphatic heterocycles. The first-order chi connectivity index (χ1) is 14.3. The molecule has 0 aromatic carbocycles. The maximum atomic E-state index is 12.3. The van der Waals surface area contributed by atoms with E-state index in [0.717, 1.165) is 56.5 Å². The number of hydrogen-bond acceptors (Lipinski definition) is 4. The molecule has 30 heavy (non-hydrogen) atoms. The highest BCUT2D eigenvalue weighted by Crippen LogP contribution is 2.61. The van der Waals surface area contributed by atoms with Crippen LogP contribution >= 0.6 is 0 Å². The highest BCUT2D eigenvalue weighted by molar-refractivity contribution is 5.87. The third-order valence-corrected chi connectivity index (χ3v) is 9.63. The molecule has 0 spiro atoms. The van der Waals surface area contributed by atoms with E-state index in [0.29, 0.717) is 29.6 Å². The second kappa shape index (κ2) is 6.81. The Hall–Kier alpha value is -0.870. The molecule has 0 N–H and O–H groups in total. The SMILES string of the molecule is C=C(C)C(=O)OC12CC3CC(CC(OCOCC45CC6CC(CC(C6)C4)C5)(C3)C1)C2. The first-order valence-electron chi connectivity index (χ1n) is 12.4. The molecule has 0 amide bonds. The van der Waals surface area contributed by atoms with E-state index < -0.39 is 0 Å². The number of carbonyl (C=O) groups is 1. The average molecular weight is 415 g/mol. The van der Waals surface area contributed by atoms with Gasteiger partial charge >= 0.3 is 5.97 Å². The molecule has 8 bridgehead atoms. The Balaban J connectivity index is 1.08. The van der Waals surface area contributed by atoms with Crippen molar-refractivity contribution in [2.24, 2.45) is 35.0 Å². The molecule has 2 unspecified atom stereocenters. The van der Waals surface area contributed by atoms with E-state index >= 15 is 0 Å². The highest BCUT2D eigenvalue weighted by atomic mass is 16.7. The van der Waals surface area contributed by atoms with E-state index in [4.69, 9.17) is 14.2 Å². The summed E-state index contributed by atoms with van der Waals surface area (Å²) in [6, 6.07) is 0. The second-order valence-electron chi connectivity index (χ2n) is 12.5. The summed E-state index contributed by atoms with van der Waals surface area (Å²) in [5.41, 5.74) is 0.457. The summed E-state index contributed by atoms with van der Waals surface area (Å²) in [6.07, 6.45) is 14.9. The van der Waals surface area contributed by atoms with Gasteiger partial charge in [-0.2, -0.15) is 0 Å². The van der Waals surface area contributed by atoms with Gasteiger partial charge in [-0.1, -0.05) is 6.58 Å². The standard InChI is InChI=1S/C26H38O4/c1-17(2)23(27)30-26-12-21-6-22(13-26)11-25(10-21,14-26)29-16-28-15-24-7-18-3-19(8-24)5-20(4-18)9-24/h18-22H,1,3-16H2,2H3. The summed E-state index contributed by atoms with van der Waals surface area (Å²) in [5, 5.41) is 0. The highest BCUT2D eigenvalue weighted by Gasteiger charge is 2.60. The van der Waals surface area contributed by atoms with E-state index in [2.05, 4.69) is 6.58 Å². The van der Waals surface area contributed by atoms with Gasteiger partial charge in [0.15, 0.2) is 0 Å². The fraction of sp³-hybridized carbons (Fsp3) is 0.885. The molecule has 8 aliphatic rings. The zero-order valence-electron chi connectivity index (χ0n) is 18.6. The molecule has 0 aromatic rings. The minimum absolute atomic E-state index is 0.152. The van der Waals surface area contributed by atoms with E-state index in [1.54, 1.807) is 6.92 Å². The van der Waals surface area contributed by atoms with Crippen LogP contribution in [0.5, 0.6) is 0 Å². The smallest absolute Gasteiger partial charge is 0.333 e. The minimum atomic E-state index is -0.333. The molecule has 8 rings (SSSR count). The van der Waals surface area contributed by atoms with E-state index in [1.165, 1.54) is 44.9 Å². The molecule has 8 aliphatic carbocycles. The van der Waals surface area contributed by atoms with Gasteiger partial charge in [-0.05, 0) is 113 Å². The molecular formula is C26H38O4. The van der Waals surface area contributed by atoms with Gasteiger partial charge in [-0.25, -0.2) is 4.79 Å². The van der Waals surface area contributed by atoms with E-state index in [-0.39, 0.29) is 17.2 Å². The summed E-state index contributed by atoms with van der Waals surface area (Å²) in [4.78, 5) is 12.3. The van der Waals surface area contributed by atoms with Crippen LogP contribution in [0.3, 0.4) is 0 Å². The molecule has 8 fully saturated rings. The number of carbonyl (C=O) groups excluding carboxylic acids is 1. The third-order valence-electron chi connectivity index (χ3n) is 9.63. The van der Waals surface area contributed by atoms with Crippen LogP contribution in [0, 0.1) is 35.0 Å². The zero-order chi connectivity index (χ0) is 20.6. The van der Waals surface area contributed by atoms with Gasteiger partial charge in [0.1, 0.15) is 12.4 Å². The van der Waals surface area contributed by atoms with Crippen molar-refractivity contribution in [2.75, 3.05) is 13.4 Å². The fourth-order valence-corrected chi connectivity index (χ4v) is 9.56. The van der Waals surface area contributed by atoms with E-state index in [1.807, 2.05) is 0 Å². The summed E-state index contributed by atoms with van der Waals surface area (Å²) in [5.74, 6) is 3.90. The van der Waals surface area contributed by atoms with Crippen molar-refractivity contribution in [2.45, 2.75) is 95.2 Å². The predicted octanol–water partition coefficient (Wildman–Crippen LogP) is 5.40. The number of hydrogen-bond donors (Lipinski definition) is 0. The molecule has 2 atom stereocenters. The maximum absolute atomic E-state index is 12.3. The minimum Gasteiger partial charge on any atom is -0.456 e. The normalized spacial score (nSPS) is 50.1. The topological polar surface area (TPSA) is 44.8 Å².